The summed E-state index contributed by atoms with van der Waals surface area (Å²) in [7, 11) is -2.70. The topological polar surface area (TPSA) is 158 Å². The van der Waals surface area contributed by atoms with Gasteiger partial charge in [0.15, 0.2) is 0 Å². The number of benzene rings is 4. The Morgan fingerprint density at radius 2 is 1.30 bits per heavy atom. The molecule has 0 radical (unpaired) electrons. The van der Waals surface area contributed by atoms with E-state index in [-0.39, 0.29) is 44.0 Å². The highest BCUT2D eigenvalue weighted by Gasteiger charge is 2.30. The molecule has 0 spiro atoms. The van der Waals surface area contributed by atoms with Crippen LogP contribution in [-0.4, -0.2) is 49.5 Å². The quantitative estimate of drug-likeness (QED) is 0.0365. The molecule has 0 aliphatic rings. The number of aryl methyl sites for hydroxylation is 1. The lowest BCUT2D eigenvalue weighted by Crippen LogP contribution is -2.33. The number of rotatable bonds is 23. The highest BCUT2D eigenvalue weighted by molar-refractivity contribution is 7.48. The largest absolute Gasteiger partial charge is 0.475 e. The number of ether oxygens (including phenoxy) is 2. The molecular weight excluding hydrogens is 858 g/mol. The third-order valence-corrected chi connectivity index (χ3v) is 11.7. The molecule has 14 nitrogen and oxygen atoms in total. The summed E-state index contributed by atoms with van der Waals surface area (Å²) >= 11 is 0. The molecule has 5 aromatic rings. The third-order valence-electron chi connectivity index (χ3n) is 10.3. The molecule has 0 saturated heterocycles. The number of hydrogen-bond acceptors (Lipinski definition) is 11. The average Bonchev–Trinajstić information content (AvgIpc) is 3.29. The monoisotopic (exact) mass is 921 g/mol. The molecule has 4 aromatic carbocycles. The molecule has 0 saturated carbocycles. The molecule has 352 valence electrons. The summed E-state index contributed by atoms with van der Waals surface area (Å²) in [5.74, 6) is 0.0451. The number of phosphoric acid groups is 1. The van der Waals surface area contributed by atoms with Crippen LogP contribution in [0.25, 0.3) is 0 Å². The van der Waals surface area contributed by atoms with Crippen molar-refractivity contribution in [2.75, 3.05) is 40.6 Å². The maximum atomic E-state index is 14.0. The summed E-state index contributed by atoms with van der Waals surface area (Å²) in [5, 5.41) is 6.02. The summed E-state index contributed by atoms with van der Waals surface area (Å²) in [6, 6.07) is 34.9. The third kappa shape index (κ3) is 16.1. The molecular formula is C51H64N5O9P. The Morgan fingerprint density at radius 3 is 1.88 bits per heavy atom. The molecule has 0 fully saturated rings. The first kappa shape index (κ1) is 50.9. The minimum atomic E-state index is -4.15. The number of nitrogens with one attached hydrogen (secondary N) is 2. The molecule has 1 unspecified atom stereocenters. The summed E-state index contributed by atoms with van der Waals surface area (Å²) in [6.45, 7) is 15.3. The van der Waals surface area contributed by atoms with Gasteiger partial charge in [0.1, 0.15) is 5.82 Å². The van der Waals surface area contributed by atoms with Crippen LogP contribution in [0.4, 0.5) is 32.5 Å². The van der Waals surface area contributed by atoms with Gasteiger partial charge in [-0.15, -0.1) is 0 Å². The van der Waals surface area contributed by atoms with Crippen molar-refractivity contribution in [1.29, 1.82) is 0 Å². The van der Waals surface area contributed by atoms with E-state index in [1.54, 1.807) is 12.1 Å². The van der Waals surface area contributed by atoms with E-state index >= 15 is 0 Å². The lowest BCUT2D eigenvalue weighted by Gasteiger charge is -2.31. The zero-order valence-corrected chi connectivity index (χ0v) is 40.2. The molecule has 15 heteroatoms. The number of anilines is 4. The molecule has 0 aliphatic carbocycles. The number of phosphoric ester groups is 1. The zero-order chi connectivity index (χ0) is 47.6. The number of amides is 3. The van der Waals surface area contributed by atoms with Crippen molar-refractivity contribution >= 4 is 48.8 Å². The summed E-state index contributed by atoms with van der Waals surface area (Å²) in [5.41, 5.74) is 6.03. The van der Waals surface area contributed by atoms with Gasteiger partial charge < -0.3 is 25.0 Å². The van der Waals surface area contributed by atoms with Crippen molar-refractivity contribution in [2.45, 2.75) is 93.3 Å². The standard InChI is InChI=1S/C51H64N5O9P/c1-9-42(43-24-27-47(56(31-36(2)3)32-37(4)5)46(29-43)54-50(58)53-45-25-22-38(6)23-26-45)30-48(57)64-39(7)65-51(59)55(8)49-44(21-16-28-52-49)35-63-66(60,61-33-40-17-12-10-13-18-40)62-34-41-19-14-11-15-20-41/h10-29,36-37,39,42H,9,30-35H2,1-8H3,(H2,53,54,58)/t39-,42?/m0/s1. The maximum absolute atomic E-state index is 14.0. The van der Waals surface area contributed by atoms with Crippen LogP contribution in [0.5, 0.6) is 0 Å². The van der Waals surface area contributed by atoms with E-state index in [1.165, 1.54) is 20.2 Å². The highest BCUT2D eigenvalue weighted by atomic mass is 31.2. The Hall–Kier alpha value is -6.05. The Balaban J connectivity index is 1.23. The number of nitrogens with zero attached hydrogens (tertiary/aromatic N) is 3. The lowest BCUT2D eigenvalue weighted by molar-refractivity contribution is -0.165. The molecule has 1 aromatic heterocycles. The van der Waals surface area contributed by atoms with Crippen LogP contribution in [0.3, 0.4) is 0 Å². The summed E-state index contributed by atoms with van der Waals surface area (Å²) < 4.78 is 42.5. The van der Waals surface area contributed by atoms with Crippen molar-refractivity contribution in [3.8, 4) is 0 Å². The van der Waals surface area contributed by atoms with Crippen molar-refractivity contribution in [3.63, 3.8) is 0 Å². The maximum Gasteiger partial charge on any atom is 0.475 e. The van der Waals surface area contributed by atoms with Gasteiger partial charge in [0.25, 0.3) is 0 Å². The minimum Gasteiger partial charge on any atom is -0.425 e. The number of carbonyl (C=O) groups is 3. The van der Waals surface area contributed by atoms with Gasteiger partial charge >= 0.3 is 25.9 Å². The second kappa shape index (κ2) is 25.0. The summed E-state index contributed by atoms with van der Waals surface area (Å²) in [6.07, 6.45) is -0.0330. The molecule has 0 bridgehead atoms. The Labute approximate surface area is 389 Å². The van der Waals surface area contributed by atoms with E-state index in [0.29, 0.717) is 35.2 Å². The predicted octanol–water partition coefficient (Wildman–Crippen LogP) is 12.3. The van der Waals surface area contributed by atoms with Crippen LogP contribution in [-0.2, 0) is 52.2 Å². The number of esters is 1. The summed E-state index contributed by atoms with van der Waals surface area (Å²) in [4.78, 5) is 48.1. The van der Waals surface area contributed by atoms with Gasteiger partial charge in [-0.05, 0) is 78.1 Å². The van der Waals surface area contributed by atoms with E-state index in [2.05, 4.69) is 48.2 Å². The normalized spacial score (nSPS) is 12.3. The molecule has 66 heavy (non-hydrogen) atoms. The van der Waals surface area contributed by atoms with Crippen molar-refractivity contribution in [2.24, 2.45) is 11.8 Å². The molecule has 1 heterocycles. The highest BCUT2D eigenvalue weighted by Crippen LogP contribution is 2.52. The predicted molar refractivity (Wildman–Crippen MR) is 259 cm³/mol. The Bertz CT molecular complexity index is 2310. The molecule has 3 amide bonds. The first-order chi connectivity index (χ1) is 31.6. The van der Waals surface area contributed by atoms with E-state index in [1.807, 2.05) is 117 Å². The number of pyridine rings is 1. The van der Waals surface area contributed by atoms with Gasteiger partial charge in [-0.3, -0.25) is 23.3 Å². The Morgan fingerprint density at radius 1 is 0.712 bits per heavy atom. The van der Waals surface area contributed by atoms with Crippen molar-refractivity contribution in [1.82, 2.24) is 4.98 Å². The molecule has 0 aliphatic heterocycles. The SMILES string of the molecule is CCC(CC(=O)O[C@H](C)OC(=O)N(C)c1ncccc1COP(=O)(OCc1ccccc1)OCc1ccccc1)c1ccc(N(CC(C)C)CC(C)C)c(NC(=O)Nc2ccc(C)cc2)c1. The van der Waals surface area contributed by atoms with Crippen LogP contribution >= 0.6 is 7.82 Å². The smallest absolute Gasteiger partial charge is 0.425 e. The van der Waals surface area contributed by atoms with Gasteiger partial charge in [0.05, 0.1) is 37.6 Å². The number of aromatic nitrogens is 1. The van der Waals surface area contributed by atoms with E-state index in [4.69, 9.17) is 23.0 Å². The van der Waals surface area contributed by atoms with Gasteiger partial charge in [-0.2, -0.15) is 0 Å². The Kier molecular flexibility index (Phi) is 19.3. The molecule has 2 atom stereocenters. The first-order valence-corrected chi connectivity index (χ1v) is 23.8. The van der Waals surface area contributed by atoms with E-state index < -0.39 is 26.2 Å². The first-order valence-electron chi connectivity index (χ1n) is 22.3. The van der Waals surface area contributed by atoms with E-state index in [0.717, 1.165) is 45.9 Å². The van der Waals surface area contributed by atoms with Gasteiger partial charge in [-0.25, -0.2) is 19.1 Å². The van der Waals surface area contributed by atoms with Gasteiger partial charge in [0, 0.05) is 44.5 Å². The van der Waals surface area contributed by atoms with Crippen molar-refractivity contribution < 1.29 is 42.0 Å². The van der Waals surface area contributed by atoms with Crippen LogP contribution in [0.2, 0.25) is 0 Å². The van der Waals surface area contributed by atoms with Gasteiger partial charge in [-0.1, -0.05) is 125 Å². The second-order valence-electron chi connectivity index (χ2n) is 16.9. The number of urea groups is 1. The van der Waals surface area contributed by atoms with Crippen LogP contribution in [0.1, 0.15) is 88.1 Å². The van der Waals surface area contributed by atoms with E-state index in [9.17, 15) is 18.9 Å². The minimum absolute atomic E-state index is 0.00917. The second-order valence-corrected chi connectivity index (χ2v) is 18.6. The fourth-order valence-corrected chi connectivity index (χ4v) is 8.22. The number of carbonyl (C=O) groups excluding carboxylic acids is 3. The van der Waals surface area contributed by atoms with Crippen LogP contribution in [0, 0.1) is 18.8 Å². The number of hydrogen-bond donors (Lipinski definition) is 2. The lowest BCUT2D eigenvalue weighted by atomic mass is 9.92. The average molecular weight is 922 g/mol. The fraction of sp³-hybridized carbons (Fsp3) is 0.373. The van der Waals surface area contributed by atoms with Crippen LogP contribution in [0.15, 0.2) is 121 Å². The fourth-order valence-electron chi connectivity index (χ4n) is 7.08. The van der Waals surface area contributed by atoms with Crippen LogP contribution < -0.4 is 20.4 Å². The molecule has 2 N–H and O–H groups in total. The van der Waals surface area contributed by atoms with Crippen molar-refractivity contribution in [3.05, 3.63) is 149 Å². The molecule has 5 rings (SSSR count). The zero-order valence-electron chi connectivity index (χ0n) is 39.3. The van der Waals surface area contributed by atoms with Gasteiger partial charge in [0.2, 0.25) is 6.29 Å².